The fourth-order valence-corrected chi connectivity index (χ4v) is 5.53. The second-order valence-electron chi connectivity index (χ2n) is 9.45. The average molecular weight is 464 g/mol. The van der Waals surface area contributed by atoms with Crippen LogP contribution in [0.1, 0.15) is 25.7 Å². The summed E-state index contributed by atoms with van der Waals surface area (Å²) < 4.78 is 7.37. The van der Waals surface area contributed by atoms with Crippen LogP contribution >= 0.6 is 0 Å². The average Bonchev–Trinajstić information content (AvgIpc) is 3.25. The van der Waals surface area contributed by atoms with Gasteiger partial charge in [0.1, 0.15) is 5.82 Å². The summed E-state index contributed by atoms with van der Waals surface area (Å²) in [6, 6.07) is 6.02. The number of nitrogens with two attached hydrogens (primary N) is 1. The Labute approximate surface area is 199 Å². The number of aryl methyl sites for hydroxylation is 1. The SMILES string of the molecule is CO[C@H]1CC[C@H](C(C(N)=O)N2CCN(c3cncc(-c4ccc5cnn(C)c5c4)n3)CC2)CC1. The number of nitrogens with zero attached hydrogens (tertiary/aromatic N) is 6. The standard InChI is InChI=1S/C25H33N7O2/c1-30-22-13-18(3-4-19(22)14-28-30)21-15-27-16-23(29-21)31-9-11-32(12-10-31)24(25(26)33)17-5-7-20(34-2)8-6-17/h3-4,13-17,20,24H,5-12H2,1-2H3,(H2,26,33)/t17-,20-,24?. The van der Waals surface area contributed by atoms with Crippen molar-refractivity contribution in [2.24, 2.45) is 18.7 Å². The maximum Gasteiger partial charge on any atom is 0.235 e. The van der Waals surface area contributed by atoms with Gasteiger partial charge in [-0.3, -0.25) is 19.4 Å². The number of primary amides is 1. The van der Waals surface area contributed by atoms with Gasteiger partial charge in [0.2, 0.25) is 5.91 Å². The number of anilines is 1. The number of ether oxygens (including phenoxy) is 1. The molecule has 1 aliphatic carbocycles. The first kappa shape index (κ1) is 22.7. The molecule has 2 fully saturated rings. The molecule has 0 spiro atoms. The van der Waals surface area contributed by atoms with Gasteiger partial charge in [-0.2, -0.15) is 5.10 Å². The molecule has 1 saturated carbocycles. The normalized spacial score (nSPS) is 22.7. The molecule has 34 heavy (non-hydrogen) atoms. The van der Waals surface area contributed by atoms with Crippen LogP contribution in [0, 0.1) is 5.92 Å². The lowest BCUT2D eigenvalue weighted by molar-refractivity contribution is -0.126. The molecule has 2 aliphatic rings. The van der Waals surface area contributed by atoms with Crippen LogP contribution in [-0.2, 0) is 16.6 Å². The first-order valence-corrected chi connectivity index (χ1v) is 12.1. The van der Waals surface area contributed by atoms with Crippen LogP contribution in [0.2, 0.25) is 0 Å². The number of rotatable bonds is 6. The van der Waals surface area contributed by atoms with E-state index in [-0.39, 0.29) is 11.9 Å². The molecule has 0 radical (unpaired) electrons. The highest BCUT2D eigenvalue weighted by Gasteiger charge is 2.36. The monoisotopic (exact) mass is 463 g/mol. The zero-order valence-corrected chi connectivity index (χ0v) is 19.9. The Bertz CT molecular complexity index is 1150. The highest BCUT2D eigenvalue weighted by Crippen LogP contribution is 2.31. The summed E-state index contributed by atoms with van der Waals surface area (Å²) in [5, 5.41) is 5.43. The van der Waals surface area contributed by atoms with Gasteiger partial charge in [-0.05, 0) is 37.7 Å². The number of benzene rings is 1. The van der Waals surface area contributed by atoms with E-state index in [4.69, 9.17) is 15.5 Å². The van der Waals surface area contributed by atoms with Crippen LogP contribution in [0.15, 0.2) is 36.8 Å². The highest BCUT2D eigenvalue weighted by atomic mass is 16.5. The van der Waals surface area contributed by atoms with Gasteiger partial charge in [0, 0.05) is 51.3 Å². The fraction of sp³-hybridized carbons (Fsp3) is 0.520. The van der Waals surface area contributed by atoms with Gasteiger partial charge < -0.3 is 15.4 Å². The third-order valence-corrected chi connectivity index (χ3v) is 7.49. The van der Waals surface area contributed by atoms with Crippen LogP contribution in [0.3, 0.4) is 0 Å². The van der Waals surface area contributed by atoms with Crippen molar-refractivity contribution in [2.75, 3.05) is 38.2 Å². The summed E-state index contributed by atoms with van der Waals surface area (Å²) in [6.45, 7) is 3.14. The second kappa shape index (κ2) is 9.68. The van der Waals surface area contributed by atoms with E-state index in [9.17, 15) is 4.79 Å². The van der Waals surface area contributed by atoms with Crippen molar-refractivity contribution < 1.29 is 9.53 Å². The minimum Gasteiger partial charge on any atom is -0.381 e. The van der Waals surface area contributed by atoms with Crippen molar-refractivity contribution in [2.45, 2.75) is 37.8 Å². The van der Waals surface area contributed by atoms with Gasteiger partial charge in [0.25, 0.3) is 0 Å². The van der Waals surface area contributed by atoms with E-state index in [1.54, 1.807) is 13.3 Å². The second-order valence-corrected chi connectivity index (χ2v) is 9.45. The van der Waals surface area contributed by atoms with Crippen LogP contribution in [-0.4, -0.2) is 76.0 Å². The van der Waals surface area contributed by atoms with Crippen molar-refractivity contribution in [3.05, 3.63) is 36.8 Å². The minimum atomic E-state index is -0.207. The third-order valence-electron chi connectivity index (χ3n) is 7.49. The Morgan fingerprint density at radius 2 is 1.85 bits per heavy atom. The zero-order valence-electron chi connectivity index (χ0n) is 19.9. The molecule has 3 heterocycles. The summed E-state index contributed by atoms with van der Waals surface area (Å²) >= 11 is 0. The first-order valence-electron chi connectivity index (χ1n) is 12.1. The predicted octanol–water partition coefficient (Wildman–Crippen LogP) is 2.21. The fourth-order valence-electron chi connectivity index (χ4n) is 5.53. The molecule has 9 heteroatoms. The summed E-state index contributed by atoms with van der Waals surface area (Å²) in [4.78, 5) is 26.3. The number of fused-ring (bicyclic) bond motifs is 1. The lowest BCUT2D eigenvalue weighted by Gasteiger charge is -2.42. The summed E-state index contributed by atoms with van der Waals surface area (Å²) in [6.07, 6.45) is 9.77. The quantitative estimate of drug-likeness (QED) is 0.598. The lowest BCUT2D eigenvalue weighted by atomic mass is 9.81. The van der Waals surface area contributed by atoms with Crippen LogP contribution in [0.25, 0.3) is 22.2 Å². The van der Waals surface area contributed by atoms with Gasteiger partial charge in [-0.25, -0.2) is 4.98 Å². The molecule has 1 saturated heterocycles. The number of amides is 1. The number of hydrogen-bond donors (Lipinski definition) is 1. The number of carbonyl (C=O) groups is 1. The number of carbonyl (C=O) groups excluding carboxylic acids is 1. The lowest BCUT2D eigenvalue weighted by Crippen LogP contribution is -2.57. The van der Waals surface area contributed by atoms with Gasteiger partial charge in [0.05, 0.1) is 41.9 Å². The molecule has 2 aromatic heterocycles. The van der Waals surface area contributed by atoms with Crippen molar-refractivity contribution >= 4 is 22.6 Å². The minimum absolute atomic E-state index is 0.206. The van der Waals surface area contributed by atoms with Crippen molar-refractivity contribution in [1.29, 1.82) is 0 Å². The molecule has 1 amide bonds. The highest BCUT2D eigenvalue weighted by molar-refractivity contribution is 5.83. The number of hydrogen-bond acceptors (Lipinski definition) is 7. The van der Waals surface area contributed by atoms with Gasteiger partial charge in [-0.15, -0.1) is 0 Å². The van der Waals surface area contributed by atoms with Gasteiger partial charge in [-0.1, -0.05) is 12.1 Å². The molecule has 5 rings (SSSR count). The maximum absolute atomic E-state index is 12.4. The first-order chi connectivity index (χ1) is 16.5. The van der Waals surface area contributed by atoms with E-state index in [1.807, 2.05) is 24.1 Å². The van der Waals surface area contributed by atoms with E-state index >= 15 is 0 Å². The van der Waals surface area contributed by atoms with Gasteiger partial charge >= 0.3 is 0 Å². The predicted molar refractivity (Wildman–Crippen MR) is 131 cm³/mol. The Hall–Kier alpha value is -3.04. The van der Waals surface area contributed by atoms with Crippen molar-refractivity contribution in [3.8, 4) is 11.3 Å². The topological polar surface area (TPSA) is 102 Å². The molecular formula is C25H33N7O2. The van der Waals surface area contributed by atoms with Crippen LogP contribution in [0.4, 0.5) is 5.82 Å². The van der Waals surface area contributed by atoms with E-state index < -0.39 is 0 Å². The Morgan fingerprint density at radius 1 is 1.09 bits per heavy atom. The molecule has 3 aromatic rings. The molecule has 1 atom stereocenters. The smallest absolute Gasteiger partial charge is 0.235 e. The zero-order chi connectivity index (χ0) is 23.7. The van der Waals surface area contributed by atoms with Crippen molar-refractivity contribution in [1.82, 2.24) is 24.6 Å². The Morgan fingerprint density at radius 3 is 2.56 bits per heavy atom. The number of piperazine rings is 1. The third kappa shape index (κ3) is 4.50. The van der Waals surface area contributed by atoms with E-state index in [2.05, 4.69) is 38.1 Å². The van der Waals surface area contributed by atoms with Crippen LogP contribution in [0.5, 0.6) is 0 Å². The summed E-state index contributed by atoms with van der Waals surface area (Å²) in [5.74, 6) is 0.959. The molecule has 2 N–H and O–H groups in total. The van der Waals surface area contributed by atoms with E-state index in [0.717, 1.165) is 79.8 Å². The molecule has 1 aromatic carbocycles. The molecule has 0 bridgehead atoms. The molecule has 180 valence electrons. The molecule has 1 unspecified atom stereocenters. The largest absolute Gasteiger partial charge is 0.381 e. The summed E-state index contributed by atoms with van der Waals surface area (Å²) in [7, 11) is 3.71. The van der Waals surface area contributed by atoms with Gasteiger partial charge in [0.15, 0.2) is 0 Å². The van der Waals surface area contributed by atoms with Crippen LogP contribution < -0.4 is 10.6 Å². The molecule has 1 aliphatic heterocycles. The Balaban J connectivity index is 1.27. The molecular weight excluding hydrogens is 430 g/mol. The van der Waals surface area contributed by atoms with E-state index in [0.29, 0.717) is 12.0 Å². The van der Waals surface area contributed by atoms with Crippen molar-refractivity contribution in [3.63, 3.8) is 0 Å². The van der Waals surface area contributed by atoms with E-state index in [1.165, 1.54) is 0 Å². The molecule has 9 nitrogen and oxygen atoms in total. The summed E-state index contributed by atoms with van der Waals surface area (Å²) in [5.41, 5.74) is 8.81. The number of methoxy groups -OCH3 is 1. The maximum atomic E-state index is 12.4. The number of aromatic nitrogens is 4. The Kier molecular flexibility index (Phi) is 6.47.